The van der Waals surface area contributed by atoms with E-state index in [-0.39, 0.29) is 0 Å². The van der Waals surface area contributed by atoms with Gasteiger partial charge in [0.2, 0.25) is 0 Å². The van der Waals surface area contributed by atoms with Crippen LogP contribution in [0.1, 0.15) is 5.01 Å². The summed E-state index contributed by atoms with van der Waals surface area (Å²) in [6, 6.07) is 5.80. The number of pyridine rings is 1. The third-order valence-electron chi connectivity index (χ3n) is 1.75. The summed E-state index contributed by atoms with van der Waals surface area (Å²) in [7, 11) is 1.67. The van der Waals surface area contributed by atoms with Crippen molar-refractivity contribution in [1.82, 2.24) is 9.97 Å². The molecular weight excluding hydrogens is 196 g/mol. The maximum absolute atomic E-state index is 5.00. The predicted octanol–water partition coefficient (Wildman–Crippen LogP) is 2.35. The lowest BCUT2D eigenvalue weighted by atomic mass is 10.3. The van der Waals surface area contributed by atoms with Gasteiger partial charge in [-0.1, -0.05) is 6.07 Å². The monoisotopic (exact) mass is 206 g/mol. The van der Waals surface area contributed by atoms with Crippen LogP contribution in [0.3, 0.4) is 0 Å². The Morgan fingerprint density at radius 3 is 3.00 bits per heavy atom. The Balaban J connectivity index is 2.25. The molecule has 72 valence electrons. The van der Waals surface area contributed by atoms with Gasteiger partial charge in [0.25, 0.3) is 0 Å². The zero-order valence-corrected chi connectivity index (χ0v) is 8.62. The highest BCUT2D eigenvalue weighted by Gasteiger charge is 2.03. The summed E-state index contributed by atoms with van der Waals surface area (Å²) < 4.78 is 5.00. The first-order valence-corrected chi connectivity index (χ1v) is 5.13. The molecule has 2 aromatic heterocycles. The average Bonchev–Trinajstić information content (AvgIpc) is 2.68. The molecule has 0 bridgehead atoms. The molecule has 2 heterocycles. The molecule has 2 aromatic rings. The van der Waals surface area contributed by atoms with E-state index in [0.29, 0.717) is 6.61 Å². The molecule has 0 radical (unpaired) electrons. The fraction of sp³-hybridized carbons (Fsp3) is 0.200. The predicted molar refractivity (Wildman–Crippen MR) is 56.1 cm³/mol. The Morgan fingerprint density at radius 1 is 1.36 bits per heavy atom. The smallest absolute Gasteiger partial charge is 0.119 e. The van der Waals surface area contributed by atoms with Crippen molar-refractivity contribution in [2.24, 2.45) is 0 Å². The Bertz CT molecular complexity index is 400. The lowest BCUT2D eigenvalue weighted by molar-refractivity contribution is 0.184. The molecule has 0 saturated heterocycles. The summed E-state index contributed by atoms with van der Waals surface area (Å²) in [6.07, 6.45) is 1.77. The van der Waals surface area contributed by atoms with Gasteiger partial charge in [0.1, 0.15) is 5.01 Å². The van der Waals surface area contributed by atoms with Crippen molar-refractivity contribution in [3.8, 4) is 11.4 Å². The molecule has 0 fully saturated rings. The molecule has 0 aliphatic carbocycles. The van der Waals surface area contributed by atoms with Crippen molar-refractivity contribution in [2.45, 2.75) is 6.61 Å². The van der Waals surface area contributed by atoms with Crippen LogP contribution in [0.15, 0.2) is 29.8 Å². The molecular formula is C10H10N2OS. The lowest BCUT2D eigenvalue weighted by Crippen LogP contribution is -1.87. The highest BCUT2D eigenvalue weighted by Crippen LogP contribution is 2.19. The largest absolute Gasteiger partial charge is 0.378 e. The second kappa shape index (κ2) is 4.30. The van der Waals surface area contributed by atoms with Gasteiger partial charge in [0.15, 0.2) is 0 Å². The fourth-order valence-corrected chi connectivity index (χ4v) is 1.89. The van der Waals surface area contributed by atoms with Crippen LogP contribution in [0.25, 0.3) is 11.4 Å². The summed E-state index contributed by atoms with van der Waals surface area (Å²) >= 11 is 1.59. The van der Waals surface area contributed by atoms with E-state index in [9.17, 15) is 0 Å². The van der Waals surface area contributed by atoms with Gasteiger partial charge in [0, 0.05) is 18.7 Å². The fourth-order valence-electron chi connectivity index (χ4n) is 1.13. The Kier molecular flexibility index (Phi) is 2.86. The minimum atomic E-state index is 0.567. The molecule has 0 N–H and O–H groups in total. The maximum Gasteiger partial charge on any atom is 0.119 e. The Hall–Kier alpha value is -1.26. The van der Waals surface area contributed by atoms with Crippen molar-refractivity contribution in [1.29, 1.82) is 0 Å². The quantitative estimate of drug-likeness (QED) is 0.773. The summed E-state index contributed by atoms with van der Waals surface area (Å²) in [6.45, 7) is 0.567. The van der Waals surface area contributed by atoms with Gasteiger partial charge in [-0.2, -0.15) is 0 Å². The van der Waals surface area contributed by atoms with E-state index in [1.165, 1.54) is 0 Å². The topological polar surface area (TPSA) is 35.0 Å². The number of aromatic nitrogens is 2. The molecule has 0 atom stereocenters. The van der Waals surface area contributed by atoms with Crippen LogP contribution in [0.2, 0.25) is 0 Å². The normalized spacial score (nSPS) is 10.4. The zero-order valence-electron chi connectivity index (χ0n) is 7.80. The van der Waals surface area contributed by atoms with Gasteiger partial charge in [-0.15, -0.1) is 11.3 Å². The first-order chi connectivity index (χ1) is 6.90. The van der Waals surface area contributed by atoms with Crippen molar-refractivity contribution in [3.63, 3.8) is 0 Å². The van der Waals surface area contributed by atoms with Crippen molar-refractivity contribution in [3.05, 3.63) is 34.8 Å². The van der Waals surface area contributed by atoms with Gasteiger partial charge in [-0.05, 0) is 12.1 Å². The number of rotatable bonds is 3. The third kappa shape index (κ3) is 1.97. The van der Waals surface area contributed by atoms with Gasteiger partial charge in [-0.3, -0.25) is 4.98 Å². The van der Waals surface area contributed by atoms with E-state index in [2.05, 4.69) is 9.97 Å². The molecule has 2 rings (SSSR count). The van der Waals surface area contributed by atoms with E-state index in [1.807, 2.05) is 23.6 Å². The Labute approximate surface area is 86.4 Å². The van der Waals surface area contributed by atoms with Gasteiger partial charge in [0.05, 0.1) is 18.0 Å². The van der Waals surface area contributed by atoms with E-state index < -0.39 is 0 Å². The number of thiazole rings is 1. The van der Waals surface area contributed by atoms with Crippen LogP contribution in [0, 0.1) is 0 Å². The first kappa shape index (κ1) is 9.30. The molecule has 0 aromatic carbocycles. The van der Waals surface area contributed by atoms with Crippen molar-refractivity contribution >= 4 is 11.3 Å². The molecule has 3 nitrogen and oxygen atoms in total. The summed E-state index contributed by atoms with van der Waals surface area (Å²) in [5.41, 5.74) is 1.83. The molecule has 14 heavy (non-hydrogen) atoms. The summed E-state index contributed by atoms with van der Waals surface area (Å²) in [4.78, 5) is 8.63. The van der Waals surface area contributed by atoms with Crippen LogP contribution < -0.4 is 0 Å². The molecule has 0 saturated carbocycles. The van der Waals surface area contributed by atoms with Crippen LogP contribution >= 0.6 is 11.3 Å². The van der Waals surface area contributed by atoms with Crippen LogP contribution in [-0.2, 0) is 11.3 Å². The van der Waals surface area contributed by atoms with Crippen molar-refractivity contribution in [2.75, 3.05) is 7.11 Å². The number of hydrogen-bond acceptors (Lipinski definition) is 4. The molecule has 4 heteroatoms. The summed E-state index contributed by atoms with van der Waals surface area (Å²) in [5, 5.41) is 2.98. The molecule has 0 unspecified atom stereocenters. The van der Waals surface area contributed by atoms with Crippen LogP contribution in [0.5, 0.6) is 0 Å². The number of methoxy groups -OCH3 is 1. The highest BCUT2D eigenvalue weighted by molar-refractivity contribution is 7.09. The van der Waals surface area contributed by atoms with Gasteiger partial charge in [-0.25, -0.2) is 4.98 Å². The molecule has 0 amide bonds. The van der Waals surface area contributed by atoms with Gasteiger partial charge >= 0.3 is 0 Å². The number of ether oxygens (including phenoxy) is 1. The first-order valence-electron chi connectivity index (χ1n) is 4.25. The number of nitrogens with zero attached hydrogens (tertiary/aromatic N) is 2. The third-order valence-corrected chi connectivity index (χ3v) is 2.57. The van der Waals surface area contributed by atoms with Crippen LogP contribution in [0.4, 0.5) is 0 Å². The Morgan fingerprint density at radius 2 is 2.29 bits per heavy atom. The SMILES string of the molecule is COCc1nc(-c2ccccn2)cs1. The number of hydrogen-bond donors (Lipinski definition) is 0. The molecule has 0 aliphatic heterocycles. The van der Waals surface area contributed by atoms with E-state index in [4.69, 9.17) is 4.74 Å². The van der Waals surface area contributed by atoms with Gasteiger partial charge < -0.3 is 4.74 Å². The van der Waals surface area contributed by atoms with E-state index in [0.717, 1.165) is 16.4 Å². The van der Waals surface area contributed by atoms with Crippen molar-refractivity contribution < 1.29 is 4.74 Å². The second-order valence-corrected chi connectivity index (χ2v) is 3.72. The van der Waals surface area contributed by atoms with E-state index >= 15 is 0 Å². The lowest BCUT2D eigenvalue weighted by Gasteiger charge is -1.93. The standard InChI is InChI=1S/C10H10N2OS/c1-13-6-10-12-9(7-14-10)8-4-2-3-5-11-8/h2-5,7H,6H2,1H3. The van der Waals surface area contributed by atoms with E-state index in [1.54, 1.807) is 24.6 Å². The second-order valence-electron chi connectivity index (χ2n) is 2.77. The average molecular weight is 206 g/mol. The highest BCUT2D eigenvalue weighted by atomic mass is 32.1. The minimum Gasteiger partial charge on any atom is -0.378 e. The van der Waals surface area contributed by atoms with Crippen LogP contribution in [-0.4, -0.2) is 17.1 Å². The maximum atomic E-state index is 5.00. The molecule has 0 aliphatic rings. The minimum absolute atomic E-state index is 0.567. The molecule has 0 spiro atoms. The summed E-state index contributed by atoms with van der Waals surface area (Å²) in [5.74, 6) is 0. The zero-order chi connectivity index (χ0) is 9.80.